The zero-order chi connectivity index (χ0) is 13.6. The third-order valence-corrected chi connectivity index (χ3v) is 3.70. The summed E-state index contributed by atoms with van der Waals surface area (Å²) < 4.78 is 15.5. The summed E-state index contributed by atoms with van der Waals surface area (Å²) in [5, 5.41) is 13.3. The zero-order valence-electron chi connectivity index (χ0n) is 10.9. The van der Waals surface area contributed by atoms with Crippen molar-refractivity contribution in [2.75, 3.05) is 0 Å². The molecule has 0 radical (unpaired) electrons. The summed E-state index contributed by atoms with van der Waals surface area (Å²) in [5.41, 5.74) is 0.345. The van der Waals surface area contributed by atoms with Gasteiger partial charge >= 0.3 is 0 Å². The van der Waals surface area contributed by atoms with Crippen molar-refractivity contribution < 1.29 is 4.39 Å². The molecule has 0 saturated carbocycles. The van der Waals surface area contributed by atoms with Crippen molar-refractivity contribution in [3.05, 3.63) is 35.9 Å². The number of fused-ring (bicyclic) bond motifs is 1. The van der Waals surface area contributed by atoms with Crippen LogP contribution in [0.2, 0.25) is 0 Å². The molecular weight excluding hydrogens is 263 g/mol. The predicted molar refractivity (Wildman–Crippen MR) is 72.8 cm³/mol. The van der Waals surface area contributed by atoms with Crippen LogP contribution in [-0.4, -0.2) is 19.8 Å². The lowest BCUT2D eigenvalue weighted by Crippen LogP contribution is -2.16. The Bertz CT molecular complexity index is 739. The van der Waals surface area contributed by atoms with Gasteiger partial charge < -0.3 is 0 Å². The number of nitrogens with zero attached hydrogens (tertiary/aromatic N) is 4. The second kappa shape index (κ2) is 4.09. The van der Waals surface area contributed by atoms with E-state index >= 15 is 0 Å². The van der Waals surface area contributed by atoms with Gasteiger partial charge in [0.05, 0.1) is 0 Å². The first-order chi connectivity index (χ1) is 8.97. The molecule has 0 fully saturated rings. The van der Waals surface area contributed by atoms with Gasteiger partial charge in [-0.3, -0.25) is 0 Å². The lowest BCUT2D eigenvalue weighted by Gasteiger charge is -2.13. The maximum Gasteiger partial charge on any atom is 0.235 e. The van der Waals surface area contributed by atoms with E-state index in [-0.39, 0.29) is 11.2 Å². The van der Waals surface area contributed by atoms with E-state index in [0.717, 1.165) is 5.82 Å². The molecule has 0 bridgehead atoms. The van der Waals surface area contributed by atoms with E-state index in [1.165, 1.54) is 17.4 Å². The van der Waals surface area contributed by atoms with Crippen molar-refractivity contribution in [1.29, 1.82) is 0 Å². The van der Waals surface area contributed by atoms with E-state index in [0.29, 0.717) is 15.5 Å². The maximum absolute atomic E-state index is 13.8. The summed E-state index contributed by atoms with van der Waals surface area (Å²) >= 11 is 1.34. The molecule has 0 N–H and O–H groups in total. The topological polar surface area (TPSA) is 43.1 Å². The Labute approximate surface area is 113 Å². The van der Waals surface area contributed by atoms with Crippen molar-refractivity contribution in [2.24, 2.45) is 0 Å². The Balaban J connectivity index is 2.18. The van der Waals surface area contributed by atoms with Crippen LogP contribution in [0.1, 0.15) is 26.6 Å². The minimum atomic E-state index is -0.273. The van der Waals surface area contributed by atoms with Gasteiger partial charge in [-0.2, -0.15) is 9.61 Å². The molecule has 3 rings (SSSR count). The third-order valence-electron chi connectivity index (χ3n) is 2.77. The second-order valence-corrected chi connectivity index (χ2v) is 6.31. The third kappa shape index (κ3) is 2.02. The van der Waals surface area contributed by atoms with Gasteiger partial charge in [-0.15, -0.1) is 10.2 Å². The van der Waals surface area contributed by atoms with Crippen LogP contribution >= 0.6 is 11.3 Å². The van der Waals surface area contributed by atoms with Gasteiger partial charge in [-0.25, -0.2) is 4.39 Å². The molecule has 0 aliphatic carbocycles. The van der Waals surface area contributed by atoms with Crippen LogP contribution in [0.4, 0.5) is 4.39 Å². The summed E-state index contributed by atoms with van der Waals surface area (Å²) in [5.74, 6) is 0.506. The second-order valence-electron chi connectivity index (χ2n) is 5.36. The highest BCUT2D eigenvalue weighted by Gasteiger charge is 2.23. The molecule has 98 valence electrons. The van der Waals surface area contributed by atoms with Gasteiger partial charge in [0.15, 0.2) is 10.8 Å². The maximum atomic E-state index is 13.8. The highest BCUT2D eigenvalue weighted by molar-refractivity contribution is 7.19. The summed E-state index contributed by atoms with van der Waals surface area (Å²) in [6, 6.07) is 6.62. The predicted octanol–water partition coefficient (Wildman–Crippen LogP) is 3.29. The minimum Gasteiger partial charge on any atom is -0.206 e. The Morgan fingerprint density at radius 2 is 1.89 bits per heavy atom. The zero-order valence-corrected chi connectivity index (χ0v) is 11.7. The molecular formula is C13H13FN4S. The summed E-state index contributed by atoms with van der Waals surface area (Å²) in [6.07, 6.45) is 0. The molecule has 4 nitrogen and oxygen atoms in total. The molecule has 0 atom stereocenters. The van der Waals surface area contributed by atoms with Crippen LogP contribution in [0.25, 0.3) is 15.5 Å². The molecule has 3 aromatic rings. The standard InChI is InChI=1S/C13H13FN4S/c1-13(2,3)11-15-16-12-18(11)17-10(19-12)8-6-4-5-7-9(8)14/h4-7H,1-3H3. The number of aromatic nitrogens is 4. The van der Waals surface area contributed by atoms with Crippen molar-refractivity contribution in [2.45, 2.75) is 26.2 Å². The Morgan fingerprint density at radius 3 is 2.58 bits per heavy atom. The largest absolute Gasteiger partial charge is 0.235 e. The molecule has 1 aromatic carbocycles. The first-order valence-electron chi connectivity index (χ1n) is 5.94. The van der Waals surface area contributed by atoms with Gasteiger partial charge in [0, 0.05) is 11.0 Å². The number of rotatable bonds is 1. The average molecular weight is 276 g/mol. The monoisotopic (exact) mass is 276 g/mol. The van der Waals surface area contributed by atoms with E-state index in [1.807, 2.05) is 20.8 Å². The highest BCUT2D eigenvalue weighted by Crippen LogP contribution is 2.29. The lowest BCUT2D eigenvalue weighted by atomic mass is 9.96. The Hall–Kier alpha value is -1.82. The van der Waals surface area contributed by atoms with Gasteiger partial charge in [0.2, 0.25) is 4.96 Å². The molecule has 0 amide bonds. The highest BCUT2D eigenvalue weighted by atomic mass is 32.1. The molecule has 0 spiro atoms. The number of hydrogen-bond donors (Lipinski definition) is 0. The summed E-state index contributed by atoms with van der Waals surface area (Å²) in [4.78, 5) is 0.683. The fourth-order valence-corrected chi connectivity index (χ4v) is 2.69. The summed E-state index contributed by atoms with van der Waals surface area (Å²) in [6.45, 7) is 6.14. The first kappa shape index (κ1) is 12.2. The molecule has 0 aliphatic rings. The average Bonchev–Trinajstić information content (AvgIpc) is 2.86. The van der Waals surface area contributed by atoms with Gasteiger partial charge in [0.25, 0.3) is 0 Å². The van der Waals surface area contributed by atoms with Crippen LogP contribution in [0.5, 0.6) is 0 Å². The molecule has 6 heteroatoms. The van der Waals surface area contributed by atoms with Crippen LogP contribution < -0.4 is 0 Å². The van der Waals surface area contributed by atoms with E-state index in [4.69, 9.17) is 0 Å². The van der Waals surface area contributed by atoms with Gasteiger partial charge in [0.1, 0.15) is 5.82 Å². The fraction of sp³-hybridized carbons (Fsp3) is 0.308. The van der Waals surface area contributed by atoms with Crippen molar-refractivity contribution in [3.8, 4) is 10.6 Å². The Morgan fingerprint density at radius 1 is 1.16 bits per heavy atom. The minimum absolute atomic E-state index is 0.153. The summed E-state index contributed by atoms with van der Waals surface area (Å²) in [7, 11) is 0. The molecule has 0 aliphatic heterocycles. The molecule has 2 aromatic heterocycles. The quantitative estimate of drug-likeness (QED) is 0.685. The van der Waals surface area contributed by atoms with E-state index in [2.05, 4.69) is 15.3 Å². The normalized spacial score (nSPS) is 12.2. The number of hydrogen-bond acceptors (Lipinski definition) is 4. The van der Waals surface area contributed by atoms with Gasteiger partial charge in [-0.05, 0) is 12.1 Å². The Kier molecular flexibility index (Phi) is 2.63. The molecule has 2 heterocycles. The smallest absolute Gasteiger partial charge is 0.206 e. The van der Waals surface area contributed by atoms with Crippen molar-refractivity contribution >= 4 is 16.3 Å². The van der Waals surface area contributed by atoms with E-state index < -0.39 is 0 Å². The number of benzene rings is 1. The number of halogens is 1. The van der Waals surface area contributed by atoms with Crippen LogP contribution in [0.3, 0.4) is 0 Å². The van der Waals surface area contributed by atoms with Crippen LogP contribution in [-0.2, 0) is 5.41 Å². The SMILES string of the molecule is CC(C)(C)c1nnc2sc(-c3ccccc3F)nn12. The van der Waals surface area contributed by atoms with E-state index in [1.54, 1.807) is 22.7 Å². The molecule has 19 heavy (non-hydrogen) atoms. The molecule has 0 unspecified atom stereocenters. The van der Waals surface area contributed by atoms with Crippen molar-refractivity contribution in [1.82, 2.24) is 19.8 Å². The van der Waals surface area contributed by atoms with Crippen LogP contribution in [0, 0.1) is 5.82 Å². The van der Waals surface area contributed by atoms with E-state index in [9.17, 15) is 4.39 Å². The molecule has 0 saturated heterocycles. The lowest BCUT2D eigenvalue weighted by molar-refractivity contribution is 0.528. The first-order valence-corrected chi connectivity index (χ1v) is 6.76. The van der Waals surface area contributed by atoms with Crippen LogP contribution in [0.15, 0.2) is 24.3 Å². The van der Waals surface area contributed by atoms with Gasteiger partial charge in [-0.1, -0.05) is 44.2 Å². The fourth-order valence-electron chi connectivity index (χ4n) is 1.83. The van der Waals surface area contributed by atoms with Crippen molar-refractivity contribution in [3.63, 3.8) is 0 Å².